The number of rotatable bonds is 7. The number of aromatic nitrogens is 3. The van der Waals surface area contributed by atoms with Gasteiger partial charge in [0.25, 0.3) is 0 Å². The summed E-state index contributed by atoms with van der Waals surface area (Å²) in [6.45, 7) is 29.2. The van der Waals surface area contributed by atoms with Crippen LogP contribution in [0.5, 0.6) is 11.5 Å². The molecule has 0 unspecified atom stereocenters. The van der Waals surface area contributed by atoms with Gasteiger partial charge in [0.2, 0.25) is 0 Å². The Labute approximate surface area is 416 Å². The third-order valence-corrected chi connectivity index (χ3v) is 13.2. The quantitative estimate of drug-likeness (QED) is 0.149. The number of nitrogens with zero attached hydrogens (tertiary/aromatic N) is 5. The number of hydrogen-bond acceptors (Lipinski definition) is 5. The minimum absolute atomic E-state index is 0. The number of ether oxygens (including phenoxy) is 1. The monoisotopic (exact) mass is 1070 g/mol. The molecule has 9 aromatic rings. The van der Waals surface area contributed by atoms with Gasteiger partial charge in [-0.2, -0.15) is 12.1 Å². The molecule has 10 rings (SSSR count). The summed E-state index contributed by atoms with van der Waals surface area (Å²) < 4.78 is 8.90. The fraction of sp³-hybridized carbons (Fsp3) is 0.230. The van der Waals surface area contributed by atoms with Crippen LogP contribution in [0, 0.1) is 60.3 Å². The number of fused-ring (bicyclic) bond motifs is 4. The van der Waals surface area contributed by atoms with Crippen LogP contribution in [0.3, 0.4) is 0 Å². The molecule has 0 spiro atoms. The van der Waals surface area contributed by atoms with E-state index in [1.165, 1.54) is 66.8 Å². The molecule has 3 aromatic heterocycles. The second kappa shape index (κ2) is 17.5. The summed E-state index contributed by atoms with van der Waals surface area (Å²) in [5.74, 6) is 2.81. The molecule has 1 aliphatic rings. The standard InChI is InChI=1S/C61H58N5O.Pt/c1-37-27-39(3)56(40(4)28-37)50-31-44(61(10,11)12)32-51(57-41(5)29-38(2)30-42(57)6)58(50)65-36-64(59-53(65)21-16-25-63-59)45-17-15-18-46(34-45)67-47-22-23-49-48-19-13-14-20-52(48)66(54(49)35-47)55-33-43(24-26-62-55)60(7,8)9;/h13-33,36H,1-12H3;/q-3;. The van der Waals surface area contributed by atoms with Crippen LogP contribution in [0.4, 0.5) is 22.9 Å². The Balaban J connectivity index is 0.00000578. The molecule has 0 aliphatic carbocycles. The van der Waals surface area contributed by atoms with Gasteiger partial charge in [0.05, 0.1) is 5.69 Å². The number of benzene rings is 6. The van der Waals surface area contributed by atoms with E-state index in [1.54, 1.807) is 0 Å². The zero-order valence-electron chi connectivity index (χ0n) is 41.2. The van der Waals surface area contributed by atoms with E-state index in [9.17, 15) is 0 Å². The molecule has 0 atom stereocenters. The maximum Gasteiger partial charge on any atom is 0.135 e. The van der Waals surface area contributed by atoms with Crippen molar-refractivity contribution in [1.29, 1.82) is 0 Å². The van der Waals surface area contributed by atoms with Crippen LogP contribution in [-0.4, -0.2) is 14.5 Å². The van der Waals surface area contributed by atoms with Gasteiger partial charge in [-0.1, -0.05) is 106 Å². The Bertz CT molecular complexity index is 3300. The minimum atomic E-state index is -0.108. The zero-order chi connectivity index (χ0) is 47.1. The third-order valence-electron chi connectivity index (χ3n) is 13.2. The molecule has 346 valence electrons. The molecule has 68 heavy (non-hydrogen) atoms. The Kier molecular flexibility index (Phi) is 12.0. The van der Waals surface area contributed by atoms with E-state index in [-0.39, 0.29) is 31.9 Å². The second-order valence-corrected chi connectivity index (χ2v) is 20.5. The average molecular weight is 1070 g/mol. The normalized spacial score (nSPS) is 12.8. The molecular formula is C61H58N5OPt-3. The van der Waals surface area contributed by atoms with E-state index in [0.717, 1.165) is 50.5 Å². The van der Waals surface area contributed by atoms with Crippen LogP contribution >= 0.6 is 0 Å². The summed E-state index contributed by atoms with van der Waals surface area (Å²) in [4.78, 5) is 14.4. The van der Waals surface area contributed by atoms with Crippen molar-refractivity contribution < 1.29 is 25.8 Å². The predicted octanol–water partition coefficient (Wildman–Crippen LogP) is 16.2. The minimum Gasteiger partial charge on any atom is -0.509 e. The van der Waals surface area contributed by atoms with Crippen LogP contribution in [0.25, 0.3) is 49.9 Å². The molecule has 0 amide bonds. The largest absolute Gasteiger partial charge is 0.509 e. The van der Waals surface area contributed by atoms with Gasteiger partial charge < -0.3 is 19.1 Å². The third kappa shape index (κ3) is 8.32. The zero-order valence-corrected chi connectivity index (χ0v) is 43.4. The molecule has 1 aliphatic heterocycles. The fourth-order valence-electron chi connectivity index (χ4n) is 10.2. The Morgan fingerprint density at radius 1 is 0.544 bits per heavy atom. The van der Waals surface area contributed by atoms with Crippen LogP contribution in [0.1, 0.15) is 86.1 Å². The van der Waals surface area contributed by atoms with Crippen LogP contribution in [0.2, 0.25) is 0 Å². The first-order chi connectivity index (χ1) is 31.9. The van der Waals surface area contributed by atoms with Gasteiger partial charge in [0.15, 0.2) is 0 Å². The smallest absolute Gasteiger partial charge is 0.135 e. The van der Waals surface area contributed by atoms with Gasteiger partial charge in [0, 0.05) is 67.3 Å². The van der Waals surface area contributed by atoms with Crippen molar-refractivity contribution in [3.63, 3.8) is 0 Å². The summed E-state index contributed by atoms with van der Waals surface area (Å²) in [6.07, 6.45) is 3.77. The van der Waals surface area contributed by atoms with Gasteiger partial charge in [-0.25, -0.2) is 9.97 Å². The molecular weight excluding hydrogens is 1010 g/mol. The Morgan fingerprint density at radius 2 is 1.16 bits per heavy atom. The molecule has 0 fully saturated rings. The van der Waals surface area contributed by atoms with E-state index in [2.05, 4.69) is 207 Å². The van der Waals surface area contributed by atoms with E-state index in [0.29, 0.717) is 11.5 Å². The van der Waals surface area contributed by atoms with Crippen molar-refractivity contribution in [3.8, 4) is 39.6 Å². The van der Waals surface area contributed by atoms with Gasteiger partial charge in [-0.05, 0) is 145 Å². The van der Waals surface area contributed by atoms with Gasteiger partial charge in [-0.3, -0.25) is 0 Å². The van der Waals surface area contributed by atoms with Crippen LogP contribution in [-0.2, 0) is 31.9 Å². The number of aryl methyl sites for hydroxylation is 6. The SMILES string of the molecule is Cc1cc(C)c(-c2cc(C(C)(C)C)cc(-c3c(C)cc(C)cc3C)c2N2[CH-]N(c3[c-]c(Oc4[c-]c5c(cc4)c4ccccc4n5-c4cc(C(C)(C)C)ccn4)ccc3)c3ncccc32)c(C)c1.[Pt]. The summed E-state index contributed by atoms with van der Waals surface area (Å²) in [5, 5.41) is 2.22. The second-order valence-electron chi connectivity index (χ2n) is 20.5. The first-order valence-corrected chi connectivity index (χ1v) is 23.3. The topological polar surface area (TPSA) is 46.4 Å². The molecule has 0 saturated heterocycles. The average Bonchev–Trinajstić information content (AvgIpc) is 3.81. The maximum absolute atomic E-state index is 6.70. The van der Waals surface area contributed by atoms with Gasteiger partial charge in [-0.15, -0.1) is 42.4 Å². The molecule has 0 saturated carbocycles. The molecule has 6 aromatic carbocycles. The van der Waals surface area contributed by atoms with Crippen molar-refractivity contribution in [2.75, 3.05) is 9.80 Å². The number of pyridine rings is 2. The van der Waals surface area contributed by atoms with Crippen LogP contribution < -0.4 is 14.5 Å². The summed E-state index contributed by atoms with van der Waals surface area (Å²) in [5.41, 5.74) is 19.6. The van der Waals surface area contributed by atoms with E-state index in [4.69, 9.17) is 14.7 Å². The van der Waals surface area contributed by atoms with E-state index >= 15 is 0 Å². The molecule has 7 heteroatoms. The van der Waals surface area contributed by atoms with E-state index < -0.39 is 0 Å². The van der Waals surface area contributed by atoms with Crippen molar-refractivity contribution in [3.05, 3.63) is 191 Å². The van der Waals surface area contributed by atoms with Crippen molar-refractivity contribution in [2.24, 2.45) is 0 Å². The first kappa shape index (κ1) is 46.6. The molecule has 0 radical (unpaired) electrons. The van der Waals surface area contributed by atoms with Gasteiger partial charge in [0.1, 0.15) is 11.6 Å². The van der Waals surface area contributed by atoms with Crippen molar-refractivity contribution >= 4 is 44.7 Å². The number of anilines is 4. The summed E-state index contributed by atoms with van der Waals surface area (Å²) >= 11 is 0. The van der Waals surface area contributed by atoms with E-state index in [1.807, 2.05) is 36.7 Å². The molecule has 6 nitrogen and oxygen atoms in total. The van der Waals surface area contributed by atoms with Crippen molar-refractivity contribution in [1.82, 2.24) is 14.5 Å². The molecule has 0 bridgehead atoms. The summed E-state index contributed by atoms with van der Waals surface area (Å²) in [6, 6.07) is 48.5. The Hall–Kier alpha value is -6.49. The number of para-hydroxylation sites is 1. The van der Waals surface area contributed by atoms with Gasteiger partial charge >= 0.3 is 0 Å². The predicted molar refractivity (Wildman–Crippen MR) is 279 cm³/mol. The Morgan fingerprint density at radius 3 is 1.79 bits per heavy atom. The first-order valence-electron chi connectivity index (χ1n) is 23.3. The van der Waals surface area contributed by atoms with Crippen molar-refractivity contribution in [2.45, 2.75) is 93.9 Å². The fourth-order valence-corrected chi connectivity index (χ4v) is 10.2. The van der Waals surface area contributed by atoms with Crippen LogP contribution in [0.15, 0.2) is 128 Å². The molecule has 4 heterocycles. The number of hydrogen-bond donors (Lipinski definition) is 0. The summed E-state index contributed by atoms with van der Waals surface area (Å²) in [7, 11) is 0. The molecule has 0 N–H and O–H groups in total. The maximum atomic E-state index is 6.70.